The quantitative estimate of drug-likeness (QED) is 0.466. The number of thioether (sulfide) groups is 1. The number of rotatable bonds is 5. The van der Waals surface area contributed by atoms with Gasteiger partial charge in [0.2, 0.25) is 11.8 Å². The summed E-state index contributed by atoms with van der Waals surface area (Å²) in [6.45, 7) is 6.13. The molecule has 0 radical (unpaired) electrons. The molecule has 0 unspecified atom stereocenters. The summed E-state index contributed by atoms with van der Waals surface area (Å²) in [5, 5.41) is 11.9. The smallest absolute Gasteiger partial charge is 0.277 e. The summed E-state index contributed by atoms with van der Waals surface area (Å²) in [7, 11) is 0. The molecule has 0 fully saturated rings. The Bertz CT molecular complexity index is 1170. The van der Waals surface area contributed by atoms with Crippen molar-refractivity contribution in [2.75, 3.05) is 11.1 Å². The maximum atomic E-state index is 12.2. The third-order valence-corrected chi connectivity index (χ3v) is 6.03. The molecule has 2 heterocycles. The molecule has 0 aliphatic heterocycles. The Balaban J connectivity index is 1.38. The van der Waals surface area contributed by atoms with Crippen LogP contribution in [0.4, 0.5) is 5.13 Å². The highest BCUT2D eigenvalue weighted by molar-refractivity contribution is 7.99. The van der Waals surface area contributed by atoms with Gasteiger partial charge in [-0.3, -0.25) is 4.79 Å². The maximum absolute atomic E-state index is 12.2. The number of nitrogens with one attached hydrogen (secondary N) is 1. The van der Waals surface area contributed by atoms with Crippen molar-refractivity contribution in [2.24, 2.45) is 0 Å². The van der Waals surface area contributed by atoms with Crippen LogP contribution in [-0.2, 0) is 4.79 Å². The van der Waals surface area contributed by atoms with Gasteiger partial charge in [-0.15, -0.1) is 10.2 Å². The van der Waals surface area contributed by atoms with E-state index in [1.807, 2.05) is 44.2 Å². The minimum atomic E-state index is -0.160. The van der Waals surface area contributed by atoms with Gasteiger partial charge < -0.3 is 9.73 Å². The van der Waals surface area contributed by atoms with Crippen LogP contribution in [0, 0.1) is 20.8 Å². The molecule has 8 heteroatoms. The predicted molar refractivity (Wildman–Crippen MR) is 113 cm³/mol. The van der Waals surface area contributed by atoms with E-state index in [2.05, 4.69) is 33.5 Å². The van der Waals surface area contributed by atoms with Gasteiger partial charge >= 0.3 is 0 Å². The predicted octanol–water partition coefficient (Wildman–Crippen LogP) is 5.00. The number of fused-ring (bicyclic) bond motifs is 1. The highest BCUT2D eigenvalue weighted by Crippen LogP contribution is 2.28. The molecule has 2 aromatic carbocycles. The number of carbonyl (C=O) groups is 1. The van der Waals surface area contributed by atoms with Crippen LogP contribution in [0.25, 0.3) is 21.7 Å². The summed E-state index contributed by atoms with van der Waals surface area (Å²) in [6, 6.07) is 12.0. The number of carbonyl (C=O) groups excluding carboxylic acids is 1. The van der Waals surface area contributed by atoms with Gasteiger partial charge in [0, 0.05) is 5.56 Å². The SMILES string of the molecule is Cc1ccc2nc(NC(=O)CSc3nnc(-c4ccc(C)c(C)c4)o3)sc2c1. The van der Waals surface area contributed by atoms with Gasteiger partial charge in [0.15, 0.2) is 5.13 Å². The average molecular weight is 411 g/mol. The lowest BCUT2D eigenvalue weighted by atomic mass is 10.1. The Morgan fingerprint density at radius 1 is 1.11 bits per heavy atom. The normalized spacial score (nSPS) is 11.1. The number of hydrogen-bond donors (Lipinski definition) is 1. The zero-order valence-corrected chi connectivity index (χ0v) is 17.3. The van der Waals surface area contributed by atoms with Crippen molar-refractivity contribution in [2.45, 2.75) is 26.0 Å². The second-order valence-electron chi connectivity index (χ2n) is 6.50. The molecule has 28 heavy (non-hydrogen) atoms. The summed E-state index contributed by atoms with van der Waals surface area (Å²) in [5.41, 5.74) is 5.29. The van der Waals surface area contributed by atoms with Crippen molar-refractivity contribution >= 4 is 44.4 Å². The van der Waals surface area contributed by atoms with E-state index >= 15 is 0 Å². The monoisotopic (exact) mass is 410 g/mol. The molecule has 4 rings (SSSR count). The Morgan fingerprint density at radius 3 is 2.79 bits per heavy atom. The number of anilines is 1. The standard InChI is InChI=1S/C20H18N4O2S2/c1-11-4-7-15-16(8-11)28-19(21-15)22-17(25)10-27-20-24-23-18(26-20)14-6-5-12(2)13(3)9-14/h4-9H,10H2,1-3H3,(H,21,22,25). The van der Waals surface area contributed by atoms with E-state index in [9.17, 15) is 4.79 Å². The van der Waals surface area contributed by atoms with Crippen molar-refractivity contribution in [1.29, 1.82) is 0 Å². The Hall–Kier alpha value is -2.71. The van der Waals surface area contributed by atoms with Crippen LogP contribution in [0.2, 0.25) is 0 Å². The van der Waals surface area contributed by atoms with Gasteiger partial charge in [0.05, 0.1) is 16.0 Å². The maximum Gasteiger partial charge on any atom is 0.277 e. The van der Waals surface area contributed by atoms with Crippen molar-refractivity contribution in [3.63, 3.8) is 0 Å². The largest absolute Gasteiger partial charge is 0.411 e. The first kappa shape index (κ1) is 18.6. The number of aryl methyl sites for hydroxylation is 3. The van der Waals surface area contributed by atoms with E-state index in [1.54, 1.807) is 0 Å². The topological polar surface area (TPSA) is 80.9 Å². The molecule has 0 atom stereocenters. The second kappa shape index (κ2) is 7.73. The fraction of sp³-hybridized carbons (Fsp3) is 0.200. The fourth-order valence-corrected chi connectivity index (χ4v) is 4.17. The van der Waals surface area contributed by atoms with Crippen molar-refractivity contribution < 1.29 is 9.21 Å². The van der Waals surface area contributed by atoms with E-state index in [0.29, 0.717) is 16.2 Å². The first-order valence-electron chi connectivity index (χ1n) is 8.69. The number of thiazole rings is 1. The Labute approximate surface area is 170 Å². The van der Waals surface area contributed by atoms with Gasteiger partial charge in [-0.1, -0.05) is 35.2 Å². The first-order valence-corrected chi connectivity index (χ1v) is 10.5. The zero-order valence-electron chi connectivity index (χ0n) is 15.6. The lowest BCUT2D eigenvalue weighted by Gasteiger charge is -2.01. The highest BCUT2D eigenvalue weighted by atomic mass is 32.2. The molecule has 4 aromatic rings. The van der Waals surface area contributed by atoms with Gasteiger partial charge in [0.25, 0.3) is 5.22 Å². The third-order valence-electron chi connectivity index (χ3n) is 4.28. The average Bonchev–Trinajstić information content (AvgIpc) is 3.28. The molecule has 0 saturated carbocycles. The Morgan fingerprint density at radius 2 is 1.96 bits per heavy atom. The number of hydrogen-bond acceptors (Lipinski definition) is 7. The van der Waals surface area contributed by atoms with E-state index in [4.69, 9.17) is 4.42 Å². The third kappa shape index (κ3) is 4.07. The van der Waals surface area contributed by atoms with Crippen LogP contribution >= 0.6 is 23.1 Å². The van der Waals surface area contributed by atoms with E-state index in [0.717, 1.165) is 21.3 Å². The first-order chi connectivity index (χ1) is 13.5. The van der Waals surface area contributed by atoms with Crippen LogP contribution in [0.5, 0.6) is 0 Å². The molecular formula is C20H18N4O2S2. The lowest BCUT2D eigenvalue weighted by molar-refractivity contribution is -0.113. The Kier molecular flexibility index (Phi) is 5.15. The fourth-order valence-electron chi connectivity index (χ4n) is 2.63. The van der Waals surface area contributed by atoms with Crippen molar-refractivity contribution in [3.05, 3.63) is 53.1 Å². The summed E-state index contributed by atoms with van der Waals surface area (Å²) in [6.07, 6.45) is 0. The molecular weight excluding hydrogens is 392 g/mol. The molecule has 0 aliphatic carbocycles. The molecule has 0 bridgehead atoms. The van der Waals surface area contributed by atoms with Crippen LogP contribution in [0.15, 0.2) is 46.0 Å². The van der Waals surface area contributed by atoms with Crippen molar-refractivity contribution in [1.82, 2.24) is 15.2 Å². The number of nitrogens with zero attached hydrogens (tertiary/aromatic N) is 3. The second-order valence-corrected chi connectivity index (χ2v) is 8.46. The summed E-state index contributed by atoms with van der Waals surface area (Å²) >= 11 is 2.67. The number of amides is 1. The molecule has 6 nitrogen and oxygen atoms in total. The van der Waals surface area contributed by atoms with Crippen molar-refractivity contribution in [3.8, 4) is 11.5 Å². The van der Waals surface area contributed by atoms with Crippen LogP contribution < -0.4 is 5.32 Å². The van der Waals surface area contributed by atoms with Crippen LogP contribution in [0.3, 0.4) is 0 Å². The number of aromatic nitrogens is 3. The molecule has 142 valence electrons. The molecule has 0 aliphatic rings. The van der Waals surface area contributed by atoms with Gasteiger partial charge in [-0.2, -0.15) is 0 Å². The van der Waals surface area contributed by atoms with Crippen LogP contribution in [-0.4, -0.2) is 26.8 Å². The molecule has 1 N–H and O–H groups in total. The molecule has 0 saturated heterocycles. The summed E-state index contributed by atoms with van der Waals surface area (Å²) in [5.74, 6) is 0.461. The summed E-state index contributed by atoms with van der Waals surface area (Å²) < 4.78 is 6.73. The van der Waals surface area contributed by atoms with E-state index < -0.39 is 0 Å². The highest BCUT2D eigenvalue weighted by Gasteiger charge is 2.13. The zero-order chi connectivity index (χ0) is 19.7. The van der Waals surface area contributed by atoms with Gasteiger partial charge in [-0.05, 0) is 61.7 Å². The minimum absolute atomic E-state index is 0.160. The van der Waals surface area contributed by atoms with Gasteiger partial charge in [0.1, 0.15) is 0 Å². The molecule has 1 amide bonds. The molecule has 2 aromatic heterocycles. The van der Waals surface area contributed by atoms with E-state index in [1.165, 1.54) is 34.2 Å². The summed E-state index contributed by atoms with van der Waals surface area (Å²) in [4.78, 5) is 16.7. The van der Waals surface area contributed by atoms with Crippen LogP contribution in [0.1, 0.15) is 16.7 Å². The number of benzene rings is 2. The molecule has 0 spiro atoms. The lowest BCUT2D eigenvalue weighted by Crippen LogP contribution is -2.13. The van der Waals surface area contributed by atoms with Gasteiger partial charge in [-0.25, -0.2) is 4.98 Å². The minimum Gasteiger partial charge on any atom is -0.411 e. The van der Waals surface area contributed by atoms with E-state index in [-0.39, 0.29) is 11.7 Å².